The van der Waals surface area contributed by atoms with Crippen LogP contribution in [0.3, 0.4) is 0 Å². The first kappa shape index (κ1) is 12.2. The number of carbonyl (C=O) groups is 1. The summed E-state index contributed by atoms with van der Waals surface area (Å²) in [6.45, 7) is 2.68. The Morgan fingerprint density at radius 3 is 2.89 bits per heavy atom. The molecule has 1 N–H and O–H groups in total. The van der Waals surface area contributed by atoms with Crippen molar-refractivity contribution in [2.45, 2.75) is 19.9 Å². The largest absolute Gasteiger partial charge is 0.478 e. The molecule has 18 heavy (non-hydrogen) atoms. The highest BCUT2D eigenvalue weighted by atomic mass is 19.1. The molecule has 2 rings (SSSR count). The molecule has 0 fully saturated rings. The molecule has 0 amide bonds. The number of nitrogens with zero attached hydrogens (tertiary/aromatic N) is 3. The second kappa shape index (κ2) is 4.95. The summed E-state index contributed by atoms with van der Waals surface area (Å²) in [5.41, 5.74) is 0.900. The van der Waals surface area contributed by atoms with E-state index in [9.17, 15) is 9.18 Å². The molecule has 6 heteroatoms. The lowest BCUT2D eigenvalue weighted by Crippen LogP contribution is -2.03. The summed E-state index contributed by atoms with van der Waals surface area (Å²) in [7, 11) is 0. The number of aromatic nitrogens is 3. The van der Waals surface area contributed by atoms with Gasteiger partial charge in [-0.2, -0.15) is 0 Å². The molecule has 0 saturated carbocycles. The van der Waals surface area contributed by atoms with Gasteiger partial charge in [-0.05, 0) is 18.6 Å². The summed E-state index contributed by atoms with van der Waals surface area (Å²) in [4.78, 5) is 10.7. The molecular weight excluding hydrogens is 237 g/mol. The number of benzene rings is 1. The SMILES string of the molecule is CCCn1nncc1-c1ccc(C(=O)O)c(F)c1. The van der Waals surface area contributed by atoms with Gasteiger partial charge in [-0.15, -0.1) is 5.10 Å². The van der Waals surface area contributed by atoms with Crippen LogP contribution in [0.1, 0.15) is 23.7 Å². The van der Waals surface area contributed by atoms with E-state index >= 15 is 0 Å². The maximum absolute atomic E-state index is 13.6. The Labute approximate surface area is 103 Å². The first-order valence-corrected chi connectivity index (χ1v) is 5.55. The second-order valence-electron chi connectivity index (χ2n) is 3.84. The van der Waals surface area contributed by atoms with Crippen molar-refractivity contribution in [3.8, 4) is 11.3 Å². The first-order chi connectivity index (χ1) is 8.63. The summed E-state index contributed by atoms with van der Waals surface area (Å²) < 4.78 is 15.2. The predicted molar refractivity (Wildman–Crippen MR) is 62.7 cm³/mol. The second-order valence-corrected chi connectivity index (χ2v) is 3.84. The third-order valence-corrected chi connectivity index (χ3v) is 2.55. The Morgan fingerprint density at radius 1 is 1.50 bits per heavy atom. The zero-order valence-electron chi connectivity index (χ0n) is 9.80. The standard InChI is InChI=1S/C12H12FN3O2/c1-2-5-16-11(7-14-15-16)8-3-4-9(12(17)18)10(13)6-8/h3-4,6-7H,2,5H2,1H3,(H,17,18). The van der Waals surface area contributed by atoms with Gasteiger partial charge in [0.05, 0.1) is 17.5 Å². The molecule has 1 aromatic heterocycles. The van der Waals surface area contributed by atoms with Crippen molar-refractivity contribution >= 4 is 5.97 Å². The van der Waals surface area contributed by atoms with Crippen LogP contribution in [0.2, 0.25) is 0 Å². The number of aryl methyl sites for hydroxylation is 1. The fourth-order valence-electron chi connectivity index (χ4n) is 1.71. The maximum atomic E-state index is 13.6. The number of hydrogen-bond acceptors (Lipinski definition) is 3. The normalized spacial score (nSPS) is 10.6. The van der Waals surface area contributed by atoms with Crippen molar-refractivity contribution in [3.05, 3.63) is 35.8 Å². The average molecular weight is 249 g/mol. The molecule has 0 unspecified atom stereocenters. The molecule has 0 aliphatic rings. The molecule has 0 radical (unpaired) electrons. The summed E-state index contributed by atoms with van der Waals surface area (Å²) >= 11 is 0. The first-order valence-electron chi connectivity index (χ1n) is 5.55. The zero-order chi connectivity index (χ0) is 13.1. The third kappa shape index (κ3) is 2.22. The monoisotopic (exact) mass is 249 g/mol. The predicted octanol–water partition coefficient (Wildman–Crippen LogP) is 2.19. The lowest BCUT2D eigenvalue weighted by atomic mass is 10.1. The molecule has 2 aromatic rings. The Morgan fingerprint density at radius 2 is 2.28 bits per heavy atom. The molecule has 5 nitrogen and oxygen atoms in total. The van der Waals surface area contributed by atoms with Crippen molar-refractivity contribution in [2.24, 2.45) is 0 Å². The van der Waals surface area contributed by atoms with Gasteiger partial charge in [0.15, 0.2) is 0 Å². The number of carboxylic acid groups (broad SMARTS) is 1. The van der Waals surface area contributed by atoms with E-state index in [1.807, 2.05) is 6.92 Å². The van der Waals surface area contributed by atoms with Gasteiger partial charge in [0.25, 0.3) is 0 Å². The lowest BCUT2D eigenvalue weighted by molar-refractivity contribution is 0.0692. The van der Waals surface area contributed by atoms with Gasteiger partial charge in [-0.25, -0.2) is 13.9 Å². The smallest absolute Gasteiger partial charge is 0.338 e. The van der Waals surface area contributed by atoms with Gasteiger partial charge >= 0.3 is 5.97 Å². The molecule has 0 saturated heterocycles. The van der Waals surface area contributed by atoms with Crippen LogP contribution in [0.5, 0.6) is 0 Å². The minimum atomic E-state index is -1.28. The van der Waals surface area contributed by atoms with E-state index in [1.165, 1.54) is 18.3 Å². The number of carboxylic acids is 1. The van der Waals surface area contributed by atoms with Crippen LogP contribution in [0.15, 0.2) is 24.4 Å². The van der Waals surface area contributed by atoms with Crippen LogP contribution in [0.25, 0.3) is 11.3 Å². The number of rotatable bonds is 4. The molecule has 0 aliphatic heterocycles. The summed E-state index contributed by atoms with van der Waals surface area (Å²) in [5.74, 6) is -2.04. The van der Waals surface area contributed by atoms with Gasteiger partial charge in [0, 0.05) is 12.1 Å². The molecule has 0 atom stereocenters. The summed E-state index contributed by atoms with van der Waals surface area (Å²) in [6, 6.07) is 3.99. The van der Waals surface area contributed by atoms with E-state index in [0.717, 1.165) is 6.42 Å². The highest BCUT2D eigenvalue weighted by Gasteiger charge is 2.13. The maximum Gasteiger partial charge on any atom is 0.338 e. The highest BCUT2D eigenvalue weighted by Crippen LogP contribution is 2.21. The van der Waals surface area contributed by atoms with Gasteiger partial charge in [-0.1, -0.05) is 18.2 Å². The van der Waals surface area contributed by atoms with Crippen molar-refractivity contribution < 1.29 is 14.3 Å². The van der Waals surface area contributed by atoms with Crippen LogP contribution in [-0.4, -0.2) is 26.1 Å². The fourth-order valence-corrected chi connectivity index (χ4v) is 1.71. The Hall–Kier alpha value is -2.24. The van der Waals surface area contributed by atoms with Crippen LogP contribution < -0.4 is 0 Å². The van der Waals surface area contributed by atoms with Crippen LogP contribution in [0.4, 0.5) is 4.39 Å². The summed E-state index contributed by atoms with van der Waals surface area (Å²) in [5, 5.41) is 16.4. The van der Waals surface area contributed by atoms with E-state index in [0.29, 0.717) is 17.8 Å². The van der Waals surface area contributed by atoms with Gasteiger partial charge in [0.1, 0.15) is 5.82 Å². The van der Waals surface area contributed by atoms with Crippen molar-refractivity contribution in [1.82, 2.24) is 15.0 Å². The topological polar surface area (TPSA) is 68.0 Å². The van der Waals surface area contributed by atoms with Crippen LogP contribution >= 0.6 is 0 Å². The van der Waals surface area contributed by atoms with E-state index in [1.54, 1.807) is 10.7 Å². The quantitative estimate of drug-likeness (QED) is 0.901. The van der Waals surface area contributed by atoms with Gasteiger partial charge in [-0.3, -0.25) is 0 Å². The molecule has 94 valence electrons. The van der Waals surface area contributed by atoms with Crippen LogP contribution in [-0.2, 0) is 6.54 Å². The fraction of sp³-hybridized carbons (Fsp3) is 0.250. The average Bonchev–Trinajstić information content (AvgIpc) is 2.77. The number of halogens is 1. The molecule has 0 bridgehead atoms. The van der Waals surface area contributed by atoms with E-state index in [-0.39, 0.29) is 5.56 Å². The third-order valence-electron chi connectivity index (χ3n) is 2.55. The van der Waals surface area contributed by atoms with Crippen molar-refractivity contribution in [2.75, 3.05) is 0 Å². The Balaban J connectivity index is 2.42. The summed E-state index contributed by atoms with van der Waals surface area (Å²) in [6.07, 6.45) is 2.41. The molecule has 1 aromatic carbocycles. The molecule has 0 spiro atoms. The molecule has 0 aliphatic carbocycles. The zero-order valence-corrected chi connectivity index (χ0v) is 9.80. The van der Waals surface area contributed by atoms with E-state index in [4.69, 9.17) is 5.11 Å². The molecule has 1 heterocycles. The van der Waals surface area contributed by atoms with Crippen molar-refractivity contribution in [1.29, 1.82) is 0 Å². The Kier molecular flexibility index (Phi) is 3.36. The van der Waals surface area contributed by atoms with Gasteiger partial charge in [0.2, 0.25) is 0 Å². The lowest BCUT2D eigenvalue weighted by Gasteiger charge is -2.05. The Bertz CT molecular complexity index is 580. The minimum absolute atomic E-state index is 0.340. The highest BCUT2D eigenvalue weighted by molar-refractivity contribution is 5.88. The van der Waals surface area contributed by atoms with Crippen molar-refractivity contribution in [3.63, 3.8) is 0 Å². The van der Waals surface area contributed by atoms with Crippen LogP contribution in [0, 0.1) is 5.82 Å². The molecular formula is C12H12FN3O2. The number of aromatic carboxylic acids is 1. The van der Waals surface area contributed by atoms with E-state index < -0.39 is 11.8 Å². The number of hydrogen-bond donors (Lipinski definition) is 1. The van der Waals surface area contributed by atoms with E-state index in [2.05, 4.69) is 10.3 Å². The van der Waals surface area contributed by atoms with Gasteiger partial charge < -0.3 is 5.11 Å². The minimum Gasteiger partial charge on any atom is -0.478 e.